The molecule has 0 aromatic heterocycles. The highest BCUT2D eigenvalue weighted by Crippen LogP contribution is 2.20. The minimum Gasteiger partial charge on any atom is -0.484 e. The molecule has 1 unspecified atom stereocenters. The molecule has 1 atom stereocenters. The SMILES string of the molecule is Cc1ccc(OCC(=O)N(Cc2cccc(Cl)c2)C(Cc2ccccc2)C(=O)NC(C)(C)C)cc1C. The van der Waals surface area contributed by atoms with Crippen molar-refractivity contribution in [1.29, 1.82) is 0 Å². The Kier molecular flexibility index (Phi) is 9.16. The zero-order valence-electron chi connectivity index (χ0n) is 21.7. The van der Waals surface area contributed by atoms with Crippen LogP contribution < -0.4 is 10.1 Å². The fourth-order valence-electron chi connectivity index (χ4n) is 3.87. The van der Waals surface area contributed by atoms with E-state index in [1.54, 1.807) is 11.0 Å². The number of ether oxygens (including phenoxy) is 1. The second-order valence-electron chi connectivity index (χ2n) is 10.1. The van der Waals surface area contributed by atoms with Crippen LogP contribution in [0.25, 0.3) is 0 Å². The lowest BCUT2D eigenvalue weighted by molar-refractivity contribution is -0.143. The van der Waals surface area contributed by atoms with Gasteiger partial charge in [0.1, 0.15) is 11.8 Å². The van der Waals surface area contributed by atoms with Gasteiger partial charge in [0.2, 0.25) is 5.91 Å². The summed E-state index contributed by atoms with van der Waals surface area (Å²) in [7, 11) is 0. The summed E-state index contributed by atoms with van der Waals surface area (Å²) in [6.07, 6.45) is 0.374. The van der Waals surface area contributed by atoms with Crippen LogP contribution in [0, 0.1) is 13.8 Å². The maximum Gasteiger partial charge on any atom is 0.261 e. The highest BCUT2D eigenvalue weighted by molar-refractivity contribution is 6.30. The topological polar surface area (TPSA) is 58.6 Å². The third-order valence-electron chi connectivity index (χ3n) is 5.85. The molecule has 0 aliphatic rings. The largest absolute Gasteiger partial charge is 0.484 e. The van der Waals surface area contributed by atoms with E-state index in [1.807, 2.05) is 101 Å². The summed E-state index contributed by atoms with van der Waals surface area (Å²) in [6.45, 7) is 9.85. The van der Waals surface area contributed by atoms with E-state index in [2.05, 4.69) is 5.32 Å². The van der Waals surface area contributed by atoms with Gasteiger partial charge in [-0.1, -0.05) is 60.1 Å². The van der Waals surface area contributed by atoms with Crippen molar-refractivity contribution in [3.63, 3.8) is 0 Å². The van der Waals surface area contributed by atoms with Crippen LogP contribution in [0.4, 0.5) is 0 Å². The standard InChI is InChI=1S/C30H35ClN2O3/c1-21-14-15-26(16-22(21)2)36-20-28(34)33(19-24-12-9-13-25(31)17-24)27(29(35)32-30(3,4)5)18-23-10-7-6-8-11-23/h6-17,27H,18-20H2,1-5H3,(H,32,35). The molecular formula is C30H35ClN2O3. The molecule has 0 saturated heterocycles. The van der Waals surface area contributed by atoms with Crippen LogP contribution in [-0.2, 0) is 22.6 Å². The zero-order valence-corrected chi connectivity index (χ0v) is 22.4. The highest BCUT2D eigenvalue weighted by atomic mass is 35.5. The molecule has 6 heteroatoms. The van der Waals surface area contributed by atoms with Crippen molar-refractivity contribution in [2.45, 2.75) is 59.2 Å². The lowest BCUT2D eigenvalue weighted by Gasteiger charge is -2.33. The summed E-state index contributed by atoms with van der Waals surface area (Å²) in [4.78, 5) is 28.8. The molecule has 190 valence electrons. The summed E-state index contributed by atoms with van der Waals surface area (Å²) >= 11 is 6.23. The van der Waals surface area contributed by atoms with E-state index in [-0.39, 0.29) is 25.0 Å². The number of carbonyl (C=O) groups excluding carboxylic acids is 2. The second kappa shape index (κ2) is 12.1. The normalized spacial score (nSPS) is 12.1. The Bertz CT molecular complexity index is 1190. The summed E-state index contributed by atoms with van der Waals surface area (Å²) in [5.74, 6) is 0.124. The monoisotopic (exact) mass is 506 g/mol. The van der Waals surface area contributed by atoms with Crippen molar-refractivity contribution >= 4 is 23.4 Å². The number of aryl methyl sites for hydroxylation is 2. The molecule has 0 radical (unpaired) electrons. The van der Waals surface area contributed by atoms with Crippen molar-refractivity contribution in [1.82, 2.24) is 10.2 Å². The minimum atomic E-state index is -0.735. The van der Waals surface area contributed by atoms with E-state index in [9.17, 15) is 9.59 Å². The summed E-state index contributed by atoms with van der Waals surface area (Å²) < 4.78 is 5.88. The maximum atomic E-state index is 13.6. The molecule has 1 N–H and O–H groups in total. The molecular weight excluding hydrogens is 472 g/mol. The number of halogens is 1. The Morgan fingerprint density at radius 2 is 1.61 bits per heavy atom. The molecule has 36 heavy (non-hydrogen) atoms. The molecule has 3 aromatic carbocycles. The first-order valence-electron chi connectivity index (χ1n) is 12.1. The zero-order chi connectivity index (χ0) is 26.3. The first kappa shape index (κ1) is 27.3. The predicted molar refractivity (Wildman–Crippen MR) is 145 cm³/mol. The van der Waals surface area contributed by atoms with Crippen LogP contribution in [0.3, 0.4) is 0 Å². The third kappa shape index (κ3) is 8.13. The lowest BCUT2D eigenvalue weighted by Crippen LogP contribution is -2.55. The number of benzene rings is 3. The molecule has 0 aliphatic carbocycles. The van der Waals surface area contributed by atoms with Crippen LogP contribution in [0.1, 0.15) is 43.0 Å². The van der Waals surface area contributed by atoms with E-state index in [0.717, 1.165) is 22.3 Å². The molecule has 3 aromatic rings. The van der Waals surface area contributed by atoms with Gasteiger partial charge in [0.15, 0.2) is 6.61 Å². The van der Waals surface area contributed by atoms with Gasteiger partial charge in [0.25, 0.3) is 5.91 Å². The first-order chi connectivity index (χ1) is 17.0. The number of nitrogens with one attached hydrogen (secondary N) is 1. The van der Waals surface area contributed by atoms with Crippen LogP contribution >= 0.6 is 11.6 Å². The van der Waals surface area contributed by atoms with Crippen LogP contribution in [0.5, 0.6) is 5.75 Å². The van der Waals surface area contributed by atoms with Gasteiger partial charge in [0.05, 0.1) is 0 Å². The summed E-state index contributed by atoms with van der Waals surface area (Å²) in [6, 6.07) is 22.1. The predicted octanol–water partition coefficient (Wildman–Crippen LogP) is 5.89. The Balaban J connectivity index is 1.93. The van der Waals surface area contributed by atoms with Gasteiger partial charge in [-0.3, -0.25) is 9.59 Å². The molecule has 0 bridgehead atoms. The fraction of sp³-hybridized carbons (Fsp3) is 0.333. The number of hydrogen-bond acceptors (Lipinski definition) is 3. The van der Waals surface area contributed by atoms with Crippen molar-refractivity contribution in [3.05, 3.63) is 100 Å². The quantitative estimate of drug-likeness (QED) is 0.393. The van der Waals surface area contributed by atoms with Crippen LogP contribution in [0.2, 0.25) is 5.02 Å². The van der Waals surface area contributed by atoms with E-state index >= 15 is 0 Å². The van der Waals surface area contributed by atoms with E-state index in [1.165, 1.54) is 0 Å². The molecule has 2 amide bonds. The van der Waals surface area contributed by atoms with Gasteiger partial charge in [-0.05, 0) is 81.1 Å². The Hall–Kier alpha value is -3.31. The molecule has 5 nitrogen and oxygen atoms in total. The minimum absolute atomic E-state index is 0.183. The highest BCUT2D eigenvalue weighted by Gasteiger charge is 2.32. The van der Waals surface area contributed by atoms with Crippen LogP contribution in [-0.4, -0.2) is 34.9 Å². The first-order valence-corrected chi connectivity index (χ1v) is 12.5. The van der Waals surface area contributed by atoms with Crippen LogP contribution in [0.15, 0.2) is 72.8 Å². The number of rotatable bonds is 9. The maximum absolute atomic E-state index is 13.6. The Morgan fingerprint density at radius 1 is 0.917 bits per heavy atom. The Labute approximate surface area is 219 Å². The fourth-order valence-corrected chi connectivity index (χ4v) is 4.08. The molecule has 0 fully saturated rings. The molecule has 0 aliphatic heterocycles. The van der Waals surface area contributed by atoms with Crippen molar-refractivity contribution in [3.8, 4) is 5.75 Å². The molecule has 0 heterocycles. The third-order valence-corrected chi connectivity index (χ3v) is 6.09. The van der Waals surface area contributed by atoms with Gasteiger partial charge in [-0.15, -0.1) is 0 Å². The van der Waals surface area contributed by atoms with Gasteiger partial charge in [-0.25, -0.2) is 0 Å². The number of carbonyl (C=O) groups is 2. The van der Waals surface area contributed by atoms with E-state index in [0.29, 0.717) is 17.2 Å². The van der Waals surface area contributed by atoms with Gasteiger partial charge < -0.3 is 15.0 Å². The van der Waals surface area contributed by atoms with Gasteiger partial charge in [0, 0.05) is 23.5 Å². The van der Waals surface area contributed by atoms with Gasteiger partial charge >= 0.3 is 0 Å². The van der Waals surface area contributed by atoms with E-state index in [4.69, 9.17) is 16.3 Å². The van der Waals surface area contributed by atoms with Crippen molar-refractivity contribution < 1.29 is 14.3 Å². The Morgan fingerprint density at radius 3 is 2.25 bits per heavy atom. The lowest BCUT2D eigenvalue weighted by atomic mass is 10.0. The molecule has 0 spiro atoms. The smallest absolute Gasteiger partial charge is 0.261 e. The number of amides is 2. The number of nitrogens with zero attached hydrogens (tertiary/aromatic N) is 1. The summed E-state index contributed by atoms with van der Waals surface area (Å²) in [5, 5.41) is 3.63. The average molecular weight is 507 g/mol. The number of hydrogen-bond donors (Lipinski definition) is 1. The molecule has 3 rings (SSSR count). The molecule has 0 saturated carbocycles. The van der Waals surface area contributed by atoms with Crippen molar-refractivity contribution in [2.24, 2.45) is 0 Å². The summed E-state index contributed by atoms with van der Waals surface area (Å²) in [5.41, 5.74) is 3.58. The van der Waals surface area contributed by atoms with E-state index < -0.39 is 11.6 Å². The average Bonchev–Trinajstić information content (AvgIpc) is 2.81. The van der Waals surface area contributed by atoms with Gasteiger partial charge in [-0.2, -0.15) is 0 Å². The van der Waals surface area contributed by atoms with Crippen molar-refractivity contribution in [2.75, 3.05) is 6.61 Å². The second-order valence-corrected chi connectivity index (χ2v) is 10.6.